The lowest BCUT2D eigenvalue weighted by molar-refractivity contribution is 0.245. The monoisotopic (exact) mass is 231 g/mol. The van der Waals surface area contributed by atoms with E-state index in [0.29, 0.717) is 0 Å². The first-order valence-electron chi connectivity index (χ1n) is 2.87. The first-order chi connectivity index (χ1) is 5.57. The van der Waals surface area contributed by atoms with Crippen LogP contribution < -0.4 is 0 Å². The molecule has 0 radical (unpaired) electrons. The Bertz CT molecular complexity index is 277. The van der Waals surface area contributed by atoms with E-state index < -0.39 is 20.8 Å². The molecule has 0 aliphatic rings. The molecule has 0 aliphatic carbocycles. The molecule has 0 aliphatic heterocycles. The van der Waals surface area contributed by atoms with Crippen LogP contribution in [0.2, 0.25) is 0 Å². The van der Waals surface area contributed by atoms with Gasteiger partial charge in [-0.1, -0.05) is 6.58 Å². The lowest BCUT2D eigenvalue weighted by atomic mass is 10.7. The predicted octanol–water partition coefficient (Wildman–Crippen LogP) is 0.581. The van der Waals surface area contributed by atoms with Crippen molar-refractivity contribution in [3.05, 3.63) is 12.3 Å². The van der Waals surface area contributed by atoms with Gasteiger partial charge in [0.15, 0.2) is 0 Å². The first kappa shape index (κ1) is 12.7. The van der Waals surface area contributed by atoms with Crippen LogP contribution in [0.15, 0.2) is 12.3 Å². The van der Waals surface area contributed by atoms with Crippen LogP contribution in [-0.2, 0) is 9.09 Å². The average molecular weight is 231 g/mol. The van der Waals surface area contributed by atoms with Gasteiger partial charge in [-0.05, 0) is 6.92 Å². The molecule has 1 atom stereocenters. The highest BCUT2D eigenvalue weighted by Gasteiger charge is 2.57. The minimum Gasteiger partial charge on any atom is -0.422 e. The van der Waals surface area contributed by atoms with Gasteiger partial charge in [0.05, 0.1) is 5.76 Å². The minimum absolute atomic E-state index is 0.257. The zero-order valence-corrected chi connectivity index (χ0v) is 8.40. The van der Waals surface area contributed by atoms with Crippen molar-refractivity contribution in [2.45, 2.75) is 6.92 Å². The van der Waals surface area contributed by atoms with Gasteiger partial charge in [-0.15, -0.1) is 0 Å². The van der Waals surface area contributed by atoms with Crippen molar-refractivity contribution in [2.24, 2.45) is 0 Å². The highest BCUT2D eigenvalue weighted by Crippen LogP contribution is 2.63. The van der Waals surface area contributed by atoms with E-state index in [0.717, 1.165) is 0 Å². The van der Waals surface area contributed by atoms with Gasteiger partial charge in [-0.25, -0.2) is 9.36 Å². The summed E-state index contributed by atoms with van der Waals surface area (Å²) in [6.07, 6.45) is 0. The summed E-state index contributed by atoms with van der Waals surface area (Å²) in [5.74, 6) is -0.257. The molecular weight excluding hydrogens is 222 g/mol. The second kappa shape index (κ2) is 3.84. The Hall–Kier alpha value is -0.290. The molecule has 0 saturated heterocycles. The quantitative estimate of drug-likeness (QED) is 0.412. The van der Waals surface area contributed by atoms with Gasteiger partial charge in [0, 0.05) is 0 Å². The van der Waals surface area contributed by atoms with Crippen LogP contribution in [0.3, 0.4) is 0 Å². The second-order valence-electron chi connectivity index (χ2n) is 2.16. The number of carbonyl (C=O) groups excluding carboxylic acids is 1. The normalized spacial score (nSPS) is 16.1. The van der Waals surface area contributed by atoms with Crippen molar-refractivity contribution >= 4 is 20.8 Å². The van der Waals surface area contributed by atoms with Crippen LogP contribution in [0.25, 0.3) is 0 Å². The van der Waals surface area contributed by atoms with Crippen molar-refractivity contribution in [3.8, 4) is 0 Å². The molecule has 0 spiro atoms. The summed E-state index contributed by atoms with van der Waals surface area (Å²) >= 11 is 0. The summed E-state index contributed by atoms with van der Waals surface area (Å²) in [5, 5.41) is -2.02. The van der Waals surface area contributed by atoms with Crippen LogP contribution in [0.1, 0.15) is 6.92 Å². The van der Waals surface area contributed by atoms with E-state index in [1.165, 1.54) is 6.92 Å². The molecule has 0 aromatic rings. The van der Waals surface area contributed by atoms with Gasteiger partial charge in [0.1, 0.15) is 0 Å². The molecule has 0 aromatic heterocycles. The van der Waals surface area contributed by atoms with Gasteiger partial charge in [-0.3, -0.25) is 0 Å². The van der Waals surface area contributed by atoms with Gasteiger partial charge >= 0.3 is 20.8 Å². The lowest BCUT2D eigenvalue weighted by Gasteiger charge is -2.09. The zero-order valence-electron chi connectivity index (χ0n) is 6.62. The first-order valence-corrected chi connectivity index (χ1v) is 6.10. The van der Waals surface area contributed by atoms with Gasteiger partial charge in [0.25, 0.3) is 0 Å². The maximum atomic E-state index is 10.8. The largest absolute Gasteiger partial charge is 0.493 e. The molecule has 0 saturated carbocycles. The fourth-order valence-electron chi connectivity index (χ4n) is 0.420. The molecule has 76 valence electrons. The van der Waals surface area contributed by atoms with E-state index in [9.17, 15) is 9.36 Å². The van der Waals surface area contributed by atoms with E-state index in [1.54, 1.807) is 0 Å². The molecule has 0 bridgehead atoms. The summed E-state index contributed by atoms with van der Waals surface area (Å²) in [5.41, 5.74) is 0. The van der Waals surface area contributed by atoms with E-state index in [2.05, 4.69) is 11.1 Å². The lowest BCUT2D eigenvalue weighted by Crippen LogP contribution is -2.05. The number of rotatable bonds is 4. The average Bonchev–Trinajstić information content (AvgIpc) is 1.80. The Labute approximate surface area is 74.4 Å². The van der Waals surface area contributed by atoms with E-state index in [1.807, 2.05) is 0 Å². The number of hydrogen-bond acceptors (Lipinski definition) is 6. The molecule has 9 heteroatoms. The molecule has 7 nitrogen and oxygen atoms in total. The van der Waals surface area contributed by atoms with E-state index in [4.69, 9.17) is 19.6 Å². The highest BCUT2D eigenvalue weighted by molar-refractivity contribution is 8.00. The van der Waals surface area contributed by atoms with Crippen molar-refractivity contribution in [3.63, 3.8) is 0 Å². The number of hydrogen-bond donors (Lipinski definition) is 4. The van der Waals surface area contributed by atoms with Crippen LogP contribution in [-0.4, -0.2) is 24.8 Å². The highest BCUT2D eigenvalue weighted by atomic mass is 31.3. The molecule has 0 fully saturated rings. The minimum atomic E-state index is -5.00. The summed E-state index contributed by atoms with van der Waals surface area (Å²) in [6, 6.07) is 0. The summed E-state index contributed by atoms with van der Waals surface area (Å²) in [4.78, 5) is 44.5. The Morgan fingerprint density at radius 3 is 2.08 bits per heavy atom. The molecule has 0 rings (SSSR count). The Balaban J connectivity index is 4.76. The van der Waals surface area contributed by atoms with E-state index in [-0.39, 0.29) is 5.76 Å². The summed E-state index contributed by atoms with van der Waals surface area (Å²) in [7, 11) is -9.90. The van der Waals surface area contributed by atoms with E-state index >= 15 is 0 Å². The Kier molecular flexibility index (Phi) is 3.75. The topological polar surface area (TPSA) is 124 Å². The Morgan fingerprint density at radius 1 is 1.46 bits per heavy atom. The summed E-state index contributed by atoms with van der Waals surface area (Å²) in [6.45, 7) is 4.25. The maximum absolute atomic E-state index is 10.8. The van der Waals surface area contributed by atoms with Crippen molar-refractivity contribution in [1.29, 1.82) is 0 Å². The van der Waals surface area contributed by atoms with Gasteiger partial charge < -0.3 is 9.42 Å². The third-order valence-electron chi connectivity index (χ3n) is 0.778. The van der Waals surface area contributed by atoms with Crippen LogP contribution >= 0.6 is 15.5 Å². The number of allylic oxidation sites excluding steroid dienone is 1. The molecule has 13 heavy (non-hydrogen) atoms. The van der Waals surface area contributed by atoms with Crippen molar-refractivity contribution < 1.29 is 33.5 Å². The maximum Gasteiger partial charge on any atom is 0.493 e. The smallest absolute Gasteiger partial charge is 0.422 e. The van der Waals surface area contributed by atoms with Crippen molar-refractivity contribution in [2.75, 3.05) is 0 Å². The van der Waals surface area contributed by atoms with Crippen LogP contribution in [0.5, 0.6) is 0 Å². The molecule has 4 N–H and O–H groups in total. The zero-order chi connectivity index (χ0) is 10.9. The fraction of sp³-hybridized carbons (Fsp3) is 0.250. The third-order valence-corrected chi connectivity index (χ3v) is 3.90. The molecule has 1 unspecified atom stereocenters. The second-order valence-corrected chi connectivity index (χ2v) is 5.69. The molecule has 0 heterocycles. The van der Waals surface area contributed by atoms with Gasteiger partial charge in [0.2, 0.25) is 0 Å². The Morgan fingerprint density at radius 2 is 1.85 bits per heavy atom. The molecule has 0 amide bonds. The molecule has 0 aromatic carbocycles. The predicted molar refractivity (Wildman–Crippen MR) is 44.7 cm³/mol. The standard InChI is InChI=1S/C4H8O7P2/c1-3(2)11-13(9,10)4(5)12(6,7)8/h6-8H,1H2,2H3/p+1. The SMILES string of the molecule is C=C(C)OP(=O)(O)C(=O)[P+](O)(O)O. The third kappa shape index (κ3) is 3.95. The van der Waals surface area contributed by atoms with Gasteiger partial charge in [-0.2, -0.15) is 14.7 Å². The van der Waals surface area contributed by atoms with Crippen LogP contribution in [0.4, 0.5) is 4.79 Å². The fourth-order valence-corrected chi connectivity index (χ4v) is 2.40. The summed E-state index contributed by atoms with van der Waals surface area (Å²) < 4.78 is 14.9. The van der Waals surface area contributed by atoms with Crippen molar-refractivity contribution in [1.82, 2.24) is 0 Å². The number of carbonyl (C=O) groups is 1. The van der Waals surface area contributed by atoms with Crippen LogP contribution in [0, 0.1) is 0 Å². The molecular formula is C4H9O7P2+.